The molecule has 1 aliphatic rings. The molecule has 0 amide bonds. The highest BCUT2D eigenvalue weighted by molar-refractivity contribution is 9.10. The fourth-order valence-electron chi connectivity index (χ4n) is 2.31. The maximum Gasteiger partial charge on any atom is 0.0619 e. The standard InChI is InChI=1S/C15H23BrN2O/c1-3-17-9-13-4-5-14(15(16)8-13)10-18-6-7-19-11-12(18)2/h4-5,8,12,17H,3,6-7,9-11H2,1-2H3. The molecule has 1 unspecified atom stereocenters. The first kappa shape index (κ1) is 15.0. The van der Waals surface area contributed by atoms with Crippen molar-refractivity contribution >= 4 is 15.9 Å². The molecule has 1 heterocycles. The number of hydrogen-bond acceptors (Lipinski definition) is 3. The van der Waals surface area contributed by atoms with E-state index in [0.29, 0.717) is 6.04 Å². The average molecular weight is 327 g/mol. The lowest BCUT2D eigenvalue weighted by molar-refractivity contribution is -0.00445. The van der Waals surface area contributed by atoms with Gasteiger partial charge in [0.2, 0.25) is 0 Å². The first-order chi connectivity index (χ1) is 9.20. The Labute approximate surface area is 124 Å². The number of hydrogen-bond donors (Lipinski definition) is 1. The Morgan fingerprint density at radius 1 is 1.47 bits per heavy atom. The minimum absolute atomic E-state index is 0.502. The molecule has 3 nitrogen and oxygen atoms in total. The molecule has 1 N–H and O–H groups in total. The predicted molar refractivity (Wildman–Crippen MR) is 82.2 cm³/mol. The molecule has 0 radical (unpaired) electrons. The van der Waals surface area contributed by atoms with Gasteiger partial charge in [-0.05, 0) is 30.7 Å². The van der Waals surface area contributed by atoms with Gasteiger partial charge in [-0.25, -0.2) is 0 Å². The third-order valence-corrected chi connectivity index (χ3v) is 4.31. The fourth-order valence-corrected chi connectivity index (χ4v) is 2.87. The van der Waals surface area contributed by atoms with Crippen molar-refractivity contribution < 1.29 is 4.74 Å². The fraction of sp³-hybridized carbons (Fsp3) is 0.600. The Morgan fingerprint density at radius 2 is 2.32 bits per heavy atom. The van der Waals surface area contributed by atoms with Gasteiger partial charge >= 0.3 is 0 Å². The summed E-state index contributed by atoms with van der Waals surface area (Å²) in [6, 6.07) is 7.18. The lowest BCUT2D eigenvalue weighted by Crippen LogP contribution is -2.42. The van der Waals surface area contributed by atoms with Crippen LogP contribution in [0.3, 0.4) is 0 Å². The van der Waals surface area contributed by atoms with Crippen LogP contribution in [0.25, 0.3) is 0 Å². The number of morpholine rings is 1. The van der Waals surface area contributed by atoms with Gasteiger partial charge in [0.15, 0.2) is 0 Å². The summed E-state index contributed by atoms with van der Waals surface area (Å²) in [7, 11) is 0. The molecule has 1 aliphatic heterocycles. The molecule has 0 saturated carbocycles. The minimum Gasteiger partial charge on any atom is -0.379 e. The van der Waals surface area contributed by atoms with Crippen molar-refractivity contribution in [1.29, 1.82) is 0 Å². The van der Waals surface area contributed by atoms with Crippen LogP contribution in [0, 0.1) is 0 Å². The highest BCUT2D eigenvalue weighted by Crippen LogP contribution is 2.22. The molecule has 106 valence electrons. The lowest BCUT2D eigenvalue weighted by Gasteiger charge is -2.33. The minimum atomic E-state index is 0.502. The monoisotopic (exact) mass is 326 g/mol. The number of rotatable bonds is 5. The molecule has 19 heavy (non-hydrogen) atoms. The molecule has 1 aromatic rings. The van der Waals surface area contributed by atoms with Crippen LogP contribution in [-0.2, 0) is 17.8 Å². The summed E-state index contributed by atoms with van der Waals surface area (Å²) in [6.45, 7) is 10.00. The van der Waals surface area contributed by atoms with Gasteiger partial charge < -0.3 is 10.1 Å². The van der Waals surface area contributed by atoms with Crippen LogP contribution >= 0.6 is 15.9 Å². The van der Waals surface area contributed by atoms with E-state index in [4.69, 9.17) is 4.74 Å². The first-order valence-corrected chi connectivity index (χ1v) is 7.79. The lowest BCUT2D eigenvalue weighted by atomic mass is 10.1. The maximum absolute atomic E-state index is 5.48. The van der Waals surface area contributed by atoms with Gasteiger partial charge in [-0.3, -0.25) is 4.90 Å². The van der Waals surface area contributed by atoms with Crippen LogP contribution in [0.2, 0.25) is 0 Å². The number of halogens is 1. The second kappa shape index (κ2) is 7.39. The molecule has 0 aliphatic carbocycles. The van der Waals surface area contributed by atoms with E-state index in [-0.39, 0.29) is 0 Å². The Kier molecular flexibility index (Phi) is 5.82. The topological polar surface area (TPSA) is 24.5 Å². The van der Waals surface area contributed by atoms with Crippen LogP contribution < -0.4 is 5.32 Å². The summed E-state index contributed by atoms with van der Waals surface area (Å²) < 4.78 is 6.69. The molecule has 1 fully saturated rings. The van der Waals surface area contributed by atoms with Crippen LogP contribution in [0.15, 0.2) is 22.7 Å². The molecule has 0 spiro atoms. The van der Waals surface area contributed by atoms with Gasteiger partial charge in [-0.15, -0.1) is 0 Å². The van der Waals surface area contributed by atoms with Crippen molar-refractivity contribution in [2.24, 2.45) is 0 Å². The Balaban J connectivity index is 2.00. The summed E-state index contributed by atoms with van der Waals surface area (Å²) in [4.78, 5) is 2.48. The van der Waals surface area contributed by atoms with E-state index in [0.717, 1.165) is 39.4 Å². The third kappa shape index (κ3) is 4.28. The van der Waals surface area contributed by atoms with Gasteiger partial charge in [0.05, 0.1) is 13.2 Å². The predicted octanol–water partition coefficient (Wildman–Crippen LogP) is 2.78. The maximum atomic E-state index is 5.48. The van der Waals surface area contributed by atoms with E-state index in [1.807, 2.05) is 0 Å². The largest absolute Gasteiger partial charge is 0.379 e. The number of nitrogens with one attached hydrogen (secondary N) is 1. The van der Waals surface area contributed by atoms with E-state index >= 15 is 0 Å². The Morgan fingerprint density at radius 3 is 3.00 bits per heavy atom. The summed E-state index contributed by atoms with van der Waals surface area (Å²) in [5.41, 5.74) is 2.68. The molecule has 0 bridgehead atoms. The zero-order valence-corrected chi connectivity index (χ0v) is 13.4. The summed E-state index contributed by atoms with van der Waals surface area (Å²) >= 11 is 3.70. The van der Waals surface area contributed by atoms with Crippen molar-refractivity contribution in [2.45, 2.75) is 33.0 Å². The second-order valence-electron chi connectivity index (χ2n) is 5.10. The average Bonchev–Trinajstić information content (AvgIpc) is 2.41. The van der Waals surface area contributed by atoms with Crippen molar-refractivity contribution in [3.63, 3.8) is 0 Å². The molecular formula is C15H23BrN2O. The molecule has 2 rings (SSSR count). The Bertz CT molecular complexity index is 411. The SMILES string of the molecule is CCNCc1ccc(CN2CCOCC2C)c(Br)c1. The third-order valence-electron chi connectivity index (χ3n) is 3.58. The van der Waals surface area contributed by atoms with E-state index < -0.39 is 0 Å². The quantitative estimate of drug-likeness (QED) is 0.900. The van der Waals surface area contributed by atoms with Crippen molar-refractivity contribution in [3.05, 3.63) is 33.8 Å². The van der Waals surface area contributed by atoms with E-state index in [1.54, 1.807) is 0 Å². The van der Waals surface area contributed by atoms with E-state index in [1.165, 1.54) is 15.6 Å². The van der Waals surface area contributed by atoms with E-state index in [2.05, 4.69) is 58.2 Å². The van der Waals surface area contributed by atoms with Crippen LogP contribution in [0.4, 0.5) is 0 Å². The van der Waals surface area contributed by atoms with Crippen molar-refractivity contribution in [2.75, 3.05) is 26.3 Å². The molecule has 1 saturated heterocycles. The van der Waals surface area contributed by atoms with Crippen LogP contribution in [0.5, 0.6) is 0 Å². The summed E-state index contributed by atoms with van der Waals surface area (Å²) in [5.74, 6) is 0. The number of ether oxygens (including phenoxy) is 1. The van der Waals surface area contributed by atoms with Gasteiger partial charge in [0.25, 0.3) is 0 Å². The van der Waals surface area contributed by atoms with Gasteiger partial charge in [0, 0.05) is 30.1 Å². The normalized spacial score (nSPS) is 20.7. The summed E-state index contributed by atoms with van der Waals surface area (Å²) in [5, 5.41) is 3.35. The molecular weight excluding hydrogens is 304 g/mol. The van der Waals surface area contributed by atoms with Crippen LogP contribution in [0.1, 0.15) is 25.0 Å². The zero-order valence-electron chi connectivity index (χ0n) is 11.8. The molecule has 1 aromatic carbocycles. The van der Waals surface area contributed by atoms with E-state index in [9.17, 15) is 0 Å². The van der Waals surface area contributed by atoms with Gasteiger partial charge in [-0.2, -0.15) is 0 Å². The van der Waals surface area contributed by atoms with Gasteiger partial charge in [0.1, 0.15) is 0 Å². The highest BCUT2D eigenvalue weighted by atomic mass is 79.9. The summed E-state index contributed by atoms with van der Waals surface area (Å²) in [6.07, 6.45) is 0. The van der Waals surface area contributed by atoms with Crippen molar-refractivity contribution in [1.82, 2.24) is 10.2 Å². The number of nitrogens with zero attached hydrogens (tertiary/aromatic N) is 1. The zero-order chi connectivity index (χ0) is 13.7. The van der Waals surface area contributed by atoms with Crippen LogP contribution in [-0.4, -0.2) is 37.2 Å². The molecule has 4 heteroatoms. The molecule has 1 atom stereocenters. The first-order valence-electron chi connectivity index (χ1n) is 7.00. The number of benzene rings is 1. The van der Waals surface area contributed by atoms with Crippen molar-refractivity contribution in [3.8, 4) is 0 Å². The highest BCUT2D eigenvalue weighted by Gasteiger charge is 2.19. The Hall–Kier alpha value is -0.420. The molecule has 0 aromatic heterocycles. The second-order valence-corrected chi connectivity index (χ2v) is 5.95. The van der Waals surface area contributed by atoms with Gasteiger partial charge in [-0.1, -0.05) is 35.0 Å². The smallest absolute Gasteiger partial charge is 0.0619 e.